The molecule has 0 bridgehead atoms. The lowest BCUT2D eigenvalue weighted by Crippen LogP contribution is -2.57. The number of nitrogens with zero attached hydrogens (tertiary/aromatic N) is 1. The Hall–Kier alpha value is -1.39. The van der Waals surface area contributed by atoms with Crippen LogP contribution in [0.25, 0.3) is 0 Å². The van der Waals surface area contributed by atoms with Gasteiger partial charge in [-0.15, -0.1) is 0 Å². The summed E-state index contributed by atoms with van der Waals surface area (Å²) >= 11 is 0. The summed E-state index contributed by atoms with van der Waals surface area (Å²) in [5.74, 6) is 0.634. The number of hydrogen-bond donors (Lipinski definition) is 2. The van der Waals surface area contributed by atoms with Crippen LogP contribution in [0.4, 0.5) is 0 Å². The Morgan fingerprint density at radius 2 is 2.23 bits per heavy atom. The average Bonchev–Trinajstić information content (AvgIpc) is 3.28. The van der Waals surface area contributed by atoms with Gasteiger partial charge in [0.15, 0.2) is 5.60 Å². The van der Waals surface area contributed by atoms with E-state index in [9.17, 15) is 9.90 Å². The van der Waals surface area contributed by atoms with E-state index in [2.05, 4.69) is 24.4 Å². The van der Waals surface area contributed by atoms with Gasteiger partial charge in [-0.2, -0.15) is 0 Å². The number of benzene rings is 1. The van der Waals surface area contributed by atoms with E-state index in [0.29, 0.717) is 19.5 Å². The van der Waals surface area contributed by atoms with Gasteiger partial charge in [-0.1, -0.05) is 29.8 Å². The Morgan fingerprint density at radius 1 is 1.41 bits per heavy atom. The number of rotatable bonds is 6. The molecule has 1 aliphatic heterocycles. The molecule has 2 fully saturated rings. The maximum Gasteiger partial charge on any atom is 0.256 e. The van der Waals surface area contributed by atoms with Crippen molar-refractivity contribution >= 4 is 5.91 Å². The van der Waals surface area contributed by atoms with E-state index in [1.807, 2.05) is 12.1 Å². The van der Waals surface area contributed by atoms with Gasteiger partial charge in [-0.3, -0.25) is 4.79 Å². The van der Waals surface area contributed by atoms with Crippen molar-refractivity contribution in [3.8, 4) is 0 Å². The molecule has 0 unspecified atom stereocenters. The summed E-state index contributed by atoms with van der Waals surface area (Å²) in [5, 5.41) is 14.0. The first-order valence-electron chi connectivity index (χ1n) is 8.35. The first-order chi connectivity index (χ1) is 10.6. The number of aliphatic hydroxyl groups is 1. The zero-order valence-corrected chi connectivity index (χ0v) is 13.3. The maximum absolute atomic E-state index is 12.7. The number of hydrogen-bond acceptors (Lipinski definition) is 3. The number of carbonyl (C=O) groups is 1. The van der Waals surface area contributed by atoms with E-state index in [1.165, 1.54) is 18.4 Å². The molecule has 1 heterocycles. The summed E-state index contributed by atoms with van der Waals surface area (Å²) in [6, 6.07) is 8.22. The summed E-state index contributed by atoms with van der Waals surface area (Å²) < 4.78 is 0. The molecular weight excluding hydrogens is 276 g/mol. The van der Waals surface area contributed by atoms with Crippen LogP contribution in [-0.4, -0.2) is 41.1 Å². The van der Waals surface area contributed by atoms with Crippen molar-refractivity contribution in [2.24, 2.45) is 5.92 Å². The molecule has 1 aliphatic carbocycles. The molecule has 2 aliphatic rings. The molecule has 0 aromatic heterocycles. The maximum atomic E-state index is 12.7. The van der Waals surface area contributed by atoms with Gasteiger partial charge >= 0.3 is 0 Å². The molecule has 120 valence electrons. The molecule has 2 N–H and O–H groups in total. The SMILES string of the molecule is Cc1cccc(CN2CCC[C@](O)(CNCC3CC3)C2=O)c1. The van der Waals surface area contributed by atoms with Crippen molar-refractivity contribution < 1.29 is 9.90 Å². The Kier molecular flexibility index (Phi) is 4.50. The highest BCUT2D eigenvalue weighted by atomic mass is 16.3. The van der Waals surface area contributed by atoms with E-state index >= 15 is 0 Å². The molecule has 1 atom stereocenters. The molecule has 1 aromatic rings. The normalized spacial score (nSPS) is 25.5. The zero-order valence-electron chi connectivity index (χ0n) is 13.3. The summed E-state index contributed by atoms with van der Waals surface area (Å²) in [6.45, 7) is 4.68. The molecule has 0 spiro atoms. The van der Waals surface area contributed by atoms with Crippen LogP contribution in [0.2, 0.25) is 0 Å². The van der Waals surface area contributed by atoms with Crippen molar-refractivity contribution in [1.82, 2.24) is 10.2 Å². The Bertz CT molecular complexity index is 542. The molecule has 4 heteroatoms. The van der Waals surface area contributed by atoms with E-state index in [-0.39, 0.29) is 5.91 Å². The van der Waals surface area contributed by atoms with Crippen LogP contribution in [-0.2, 0) is 11.3 Å². The predicted molar refractivity (Wildman–Crippen MR) is 86.4 cm³/mol. The van der Waals surface area contributed by atoms with Gasteiger partial charge in [-0.25, -0.2) is 0 Å². The molecule has 22 heavy (non-hydrogen) atoms. The zero-order chi connectivity index (χ0) is 15.6. The fourth-order valence-corrected chi connectivity index (χ4v) is 3.22. The molecule has 1 amide bonds. The third-order valence-corrected chi connectivity index (χ3v) is 4.71. The Morgan fingerprint density at radius 3 is 2.95 bits per heavy atom. The second kappa shape index (κ2) is 6.39. The third-order valence-electron chi connectivity index (χ3n) is 4.71. The standard InChI is InChI=1S/C18H26N2O2/c1-14-4-2-5-16(10-14)12-20-9-3-8-18(22,17(20)21)13-19-11-15-6-7-15/h2,4-5,10,15,19,22H,3,6-9,11-13H2,1H3/t18-/m0/s1. The minimum absolute atomic E-state index is 0.122. The monoisotopic (exact) mass is 302 g/mol. The van der Waals surface area contributed by atoms with E-state index in [4.69, 9.17) is 0 Å². The highest BCUT2D eigenvalue weighted by Gasteiger charge is 2.42. The van der Waals surface area contributed by atoms with Crippen LogP contribution >= 0.6 is 0 Å². The van der Waals surface area contributed by atoms with E-state index < -0.39 is 5.60 Å². The van der Waals surface area contributed by atoms with E-state index in [0.717, 1.165) is 31.0 Å². The van der Waals surface area contributed by atoms with Gasteiger partial charge in [0, 0.05) is 19.6 Å². The molecule has 3 rings (SSSR count). The quantitative estimate of drug-likeness (QED) is 0.843. The van der Waals surface area contributed by atoms with Crippen molar-refractivity contribution in [3.63, 3.8) is 0 Å². The predicted octanol–water partition coefficient (Wildman–Crippen LogP) is 1.85. The highest BCUT2D eigenvalue weighted by Crippen LogP contribution is 2.28. The number of aryl methyl sites for hydroxylation is 1. The lowest BCUT2D eigenvalue weighted by molar-refractivity contribution is -0.157. The topological polar surface area (TPSA) is 52.6 Å². The van der Waals surface area contributed by atoms with Gasteiger partial charge in [-0.05, 0) is 50.6 Å². The second-order valence-electron chi connectivity index (χ2n) is 6.93. The molecule has 1 saturated carbocycles. The first-order valence-corrected chi connectivity index (χ1v) is 8.35. The van der Waals surface area contributed by atoms with Gasteiger partial charge in [0.05, 0.1) is 0 Å². The second-order valence-corrected chi connectivity index (χ2v) is 6.93. The lowest BCUT2D eigenvalue weighted by atomic mass is 9.91. The summed E-state index contributed by atoms with van der Waals surface area (Å²) in [7, 11) is 0. The Labute approximate surface area is 132 Å². The molecule has 0 radical (unpaired) electrons. The fraction of sp³-hybridized carbons (Fsp3) is 0.611. The van der Waals surface area contributed by atoms with Gasteiger partial charge in [0.1, 0.15) is 0 Å². The van der Waals surface area contributed by atoms with Gasteiger partial charge < -0.3 is 15.3 Å². The smallest absolute Gasteiger partial charge is 0.256 e. The van der Waals surface area contributed by atoms with Crippen molar-refractivity contribution in [2.75, 3.05) is 19.6 Å². The lowest BCUT2D eigenvalue weighted by Gasteiger charge is -2.38. The molecule has 4 nitrogen and oxygen atoms in total. The number of nitrogens with one attached hydrogen (secondary N) is 1. The first kappa shape index (κ1) is 15.5. The van der Waals surface area contributed by atoms with Crippen LogP contribution < -0.4 is 5.32 Å². The van der Waals surface area contributed by atoms with Crippen molar-refractivity contribution in [1.29, 1.82) is 0 Å². The summed E-state index contributed by atoms with van der Waals surface area (Å²) in [4.78, 5) is 14.5. The van der Waals surface area contributed by atoms with Crippen molar-refractivity contribution in [2.45, 2.75) is 44.8 Å². The van der Waals surface area contributed by atoms with Crippen LogP contribution in [0, 0.1) is 12.8 Å². The number of carbonyl (C=O) groups excluding carboxylic acids is 1. The minimum atomic E-state index is -1.23. The van der Waals surface area contributed by atoms with Crippen LogP contribution in [0.5, 0.6) is 0 Å². The number of likely N-dealkylation sites (tertiary alicyclic amines) is 1. The van der Waals surface area contributed by atoms with Gasteiger partial charge in [0.25, 0.3) is 5.91 Å². The fourth-order valence-electron chi connectivity index (χ4n) is 3.22. The number of piperidine rings is 1. The molecule has 1 saturated heterocycles. The highest BCUT2D eigenvalue weighted by molar-refractivity contribution is 5.86. The molecular formula is C18H26N2O2. The third kappa shape index (κ3) is 3.68. The summed E-state index contributed by atoms with van der Waals surface area (Å²) in [6.07, 6.45) is 3.98. The largest absolute Gasteiger partial charge is 0.379 e. The van der Waals surface area contributed by atoms with Crippen molar-refractivity contribution in [3.05, 3.63) is 35.4 Å². The number of amides is 1. The van der Waals surface area contributed by atoms with Gasteiger partial charge in [0.2, 0.25) is 0 Å². The minimum Gasteiger partial charge on any atom is -0.379 e. The average molecular weight is 302 g/mol. The van der Waals surface area contributed by atoms with Crippen LogP contribution in [0.1, 0.15) is 36.8 Å². The summed E-state index contributed by atoms with van der Waals surface area (Å²) in [5.41, 5.74) is 1.10. The van der Waals surface area contributed by atoms with Crippen LogP contribution in [0.3, 0.4) is 0 Å². The molecule has 1 aromatic carbocycles. The van der Waals surface area contributed by atoms with Crippen LogP contribution in [0.15, 0.2) is 24.3 Å². The van der Waals surface area contributed by atoms with E-state index in [1.54, 1.807) is 4.90 Å². The Balaban J connectivity index is 1.60.